The SMILES string of the molecule is CN[C@@H]1CCC[C@@H](C)[C@@H]1C. The van der Waals surface area contributed by atoms with Crippen molar-refractivity contribution >= 4 is 0 Å². The molecule has 1 aliphatic rings. The Morgan fingerprint density at radius 2 is 1.90 bits per heavy atom. The quantitative estimate of drug-likeness (QED) is 0.589. The van der Waals surface area contributed by atoms with E-state index in [1.807, 2.05) is 0 Å². The van der Waals surface area contributed by atoms with Crippen LogP contribution in [-0.4, -0.2) is 13.1 Å². The Bertz CT molecular complexity index is 101. The largest absolute Gasteiger partial charge is 0.317 e. The fourth-order valence-corrected chi connectivity index (χ4v) is 1.99. The van der Waals surface area contributed by atoms with Crippen LogP contribution >= 0.6 is 0 Å². The minimum Gasteiger partial charge on any atom is -0.317 e. The first-order valence-corrected chi connectivity index (χ1v) is 4.43. The van der Waals surface area contributed by atoms with Gasteiger partial charge in [-0.25, -0.2) is 0 Å². The Morgan fingerprint density at radius 1 is 1.20 bits per heavy atom. The van der Waals surface area contributed by atoms with Crippen molar-refractivity contribution < 1.29 is 0 Å². The Kier molecular flexibility index (Phi) is 2.72. The molecule has 1 nitrogen and oxygen atoms in total. The normalized spacial score (nSPS) is 41.7. The van der Waals surface area contributed by atoms with E-state index in [9.17, 15) is 0 Å². The molecule has 60 valence electrons. The molecule has 0 radical (unpaired) electrons. The van der Waals surface area contributed by atoms with E-state index in [1.165, 1.54) is 19.3 Å². The molecule has 0 saturated heterocycles. The Labute approximate surface area is 64.2 Å². The highest BCUT2D eigenvalue weighted by atomic mass is 14.9. The molecule has 1 fully saturated rings. The lowest BCUT2D eigenvalue weighted by Gasteiger charge is -2.33. The van der Waals surface area contributed by atoms with Gasteiger partial charge in [0, 0.05) is 6.04 Å². The fourth-order valence-electron chi connectivity index (χ4n) is 1.99. The second kappa shape index (κ2) is 3.38. The van der Waals surface area contributed by atoms with Crippen molar-refractivity contribution in [1.29, 1.82) is 0 Å². The highest BCUT2D eigenvalue weighted by molar-refractivity contribution is 4.80. The molecule has 3 atom stereocenters. The first-order valence-electron chi connectivity index (χ1n) is 4.43. The van der Waals surface area contributed by atoms with Gasteiger partial charge in [0.2, 0.25) is 0 Å². The zero-order valence-electron chi connectivity index (χ0n) is 7.35. The van der Waals surface area contributed by atoms with Crippen molar-refractivity contribution in [2.75, 3.05) is 7.05 Å². The van der Waals surface area contributed by atoms with E-state index in [0.717, 1.165) is 17.9 Å². The van der Waals surface area contributed by atoms with Crippen molar-refractivity contribution in [1.82, 2.24) is 5.32 Å². The topological polar surface area (TPSA) is 12.0 Å². The van der Waals surface area contributed by atoms with Gasteiger partial charge in [-0.15, -0.1) is 0 Å². The molecule has 1 rings (SSSR count). The summed E-state index contributed by atoms with van der Waals surface area (Å²) in [6.07, 6.45) is 4.22. The standard InChI is InChI=1S/C9H19N/c1-7-5-4-6-9(10-3)8(7)2/h7-10H,4-6H2,1-3H3/t7-,8+,9-/m1/s1. The van der Waals surface area contributed by atoms with Crippen LogP contribution in [0.1, 0.15) is 33.1 Å². The molecule has 0 aliphatic heterocycles. The van der Waals surface area contributed by atoms with Crippen LogP contribution in [0.25, 0.3) is 0 Å². The molecule has 0 aromatic carbocycles. The van der Waals surface area contributed by atoms with Crippen LogP contribution in [0.2, 0.25) is 0 Å². The van der Waals surface area contributed by atoms with Gasteiger partial charge in [-0.1, -0.05) is 26.7 Å². The summed E-state index contributed by atoms with van der Waals surface area (Å²) in [5, 5.41) is 3.38. The van der Waals surface area contributed by atoms with Crippen LogP contribution in [-0.2, 0) is 0 Å². The zero-order chi connectivity index (χ0) is 7.56. The van der Waals surface area contributed by atoms with Gasteiger partial charge in [0.15, 0.2) is 0 Å². The van der Waals surface area contributed by atoms with E-state index in [0.29, 0.717) is 0 Å². The zero-order valence-corrected chi connectivity index (χ0v) is 7.35. The highest BCUT2D eigenvalue weighted by Crippen LogP contribution is 2.28. The Morgan fingerprint density at radius 3 is 2.40 bits per heavy atom. The minimum absolute atomic E-state index is 0.781. The van der Waals surface area contributed by atoms with Gasteiger partial charge in [-0.2, -0.15) is 0 Å². The number of hydrogen-bond donors (Lipinski definition) is 1. The van der Waals surface area contributed by atoms with Gasteiger partial charge >= 0.3 is 0 Å². The lowest BCUT2D eigenvalue weighted by Crippen LogP contribution is -2.38. The second-order valence-corrected chi connectivity index (χ2v) is 3.66. The van der Waals surface area contributed by atoms with E-state index in [1.54, 1.807) is 0 Å². The molecule has 0 heterocycles. The molecule has 0 bridgehead atoms. The summed E-state index contributed by atoms with van der Waals surface area (Å²) in [5.41, 5.74) is 0. The molecule has 1 N–H and O–H groups in total. The van der Waals surface area contributed by atoms with Gasteiger partial charge < -0.3 is 5.32 Å². The van der Waals surface area contributed by atoms with Crippen LogP contribution in [0.4, 0.5) is 0 Å². The third-order valence-electron chi connectivity index (χ3n) is 3.08. The van der Waals surface area contributed by atoms with Gasteiger partial charge in [-0.05, 0) is 25.3 Å². The van der Waals surface area contributed by atoms with Crippen molar-refractivity contribution in [3.63, 3.8) is 0 Å². The summed E-state index contributed by atoms with van der Waals surface area (Å²) in [7, 11) is 2.08. The maximum absolute atomic E-state index is 3.38. The molecule has 1 aliphatic carbocycles. The highest BCUT2D eigenvalue weighted by Gasteiger charge is 2.25. The molecule has 0 aromatic rings. The molecule has 0 amide bonds. The monoisotopic (exact) mass is 141 g/mol. The van der Waals surface area contributed by atoms with E-state index in [2.05, 4.69) is 26.2 Å². The molecule has 1 saturated carbocycles. The van der Waals surface area contributed by atoms with Crippen molar-refractivity contribution in [3.05, 3.63) is 0 Å². The third-order valence-corrected chi connectivity index (χ3v) is 3.08. The molecule has 0 spiro atoms. The average Bonchev–Trinajstić information content (AvgIpc) is 1.95. The maximum atomic E-state index is 3.38. The van der Waals surface area contributed by atoms with Crippen LogP contribution < -0.4 is 5.32 Å². The van der Waals surface area contributed by atoms with Crippen LogP contribution in [0, 0.1) is 11.8 Å². The Hall–Kier alpha value is -0.0400. The molecule has 1 heteroatoms. The van der Waals surface area contributed by atoms with E-state index < -0.39 is 0 Å². The summed E-state index contributed by atoms with van der Waals surface area (Å²) in [5.74, 6) is 1.80. The van der Waals surface area contributed by atoms with Crippen LogP contribution in [0.3, 0.4) is 0 Å². The lowest BCUT2D eigenvalue weighted by molar-refractivity contribution is 0.215. The van der Waals surface area contributed by atoms with E-state index in [-0.39, 0.29) is 0 Å². The molecule has 0 unspecified atom stereocenters. The number of nitrogens with one attached hydrogen (secondary N) is 1. The first kappa shape index (κ1) is 8.06. The van der Waals surface area contributed by atoms with Gasteiger partial charge in [0.05, 0.1) is 0 Å². The van der Waals surface area contributed by atoms with Crippen molar-refractivity contribution in [3.8, 4) is 0 Å². The summed E-state index contributed by atoms with van der Waals surface area (Å²) in [4.78, 5) is 0. The third kappa shape index (κ3) is 1.51. The van der Waals surface area contributed by atoms with Gasteiger partial charge in [0.25, 0.3) is 0 Å². The van der Waals surface area contributed by atoms with E-state index >= 15 is 0 Å². The molecule has 10 heavy (non-hydrogen) atoms. The fraction of sp³-hybridized carbons (Fsp3) is 1.00. The number of rotatable bonds is 1. The average molecular weight is 141 g/mol. The van der Waals surface area contributed by atoms with Crippen molar-refractivity contribution in [2.24, 2.45) is 11.8 Å². The molecular formula is C9H19N. The van der Waals surface area contributed by atoms with Crippen LogP contribution in [0.5, 0.6) is 0 Å². The number of hydrogen-bond acceptors (Lipinski definition) is 1. The van der Waals surface area contributed by atoms with E-state index in [4.69, 9.17) is 0 Å². The minimum atomic E-state index is 0.781. The second-order valence-electron chi connectivity index (χ2n) is 3.66. The molecule has 0 aromatic heterocycles. The predicted octanol–water partition coefficient (Wildman–Crippen LogP) is 2.03. The summed E-state index contributed by atoms with van der Waals surface area (Å²) >= 11 is 0. The van der Waals surface area contributed by atoms with Gasteiger partial charge in [0.1, 0.15) is 0 Å². The van der Waals surface area contributed by atoms with Crippen LogP contribution in [0.15, 0.2) is 0 Å². The molecular weight excluding hydrogens is 122 g/mol. The Balaban J connectivity index is 2.42. The van der Waals surface area contributed by atoms with Gasteiger partial charge in [-0.3, -0.25) is 0 Å². The summed E-state index contributed by atoms with van der Waals surface area (Å²) < 4.78 is 0. The summed E-state index contributed by atoms with van der Waals surface area (Å²) in [6.45, 7) is 4.74. The van der Waals surface area contributed by atoms with Crippen molar-refractivity contribution in [2.45, 2.75) is 39.2 Å². The predicted molar refractivity (Wildman–Crippen MR) is 45.0 cm³/mol. The lowest BCUT2D eigenvalue weighted by atomic mass is 9.78. The maximum Gasteiger partial charge on any atom is 0.00922 e. The smallest absolute Gasteiger partial charge is 0.00922 e. The summed E-state index contributed by atoms with van der Waals surface area (Å²) in [6, 6.07) is 0.781. The first-order chi connectivity index (χ1) is 4.75.